The van der Waals surface area contributed by atoms with Gasteiger partial charge < -0.3 is 14.7 Å². The first-order valence-electron chi connectivity index (χ1n) is 8.34. The molecule has 0 bridgehead atoms. The van der Waals surface area contributed by atoms with E-state index in [-0.39, 0.29) is 29.8 Å². The second-order valence-corrected chi connectivity index (χ2v) is 6.80. The molecular formula is C19H31NO3. The van der Waals surface area contributed by atoms with E-state index in [1.165, 1.54) is 0 Å². The van der Waals surface area contributed by atoms with E-state index < -0.39 is 6.10 Å². The lowest BCUT2D eigenvalue weighted by molar-refractivity contribution is -0.141. The van der Waals surface area contributed by atoms with Gasteiger partial charge in [0, 0.05) is 18.0 Å². The molecule has 130 valence electrons. The summed E-state index contributed by atoms with van der Waals surface area (Å²) in [5.74, 6) is 0.423. The summed E-state index contributed by atoms with van der Waals surface area (Å²) in [7, 11) is 1.61. The van der Waals surface area contributed by atoms with Gasteiger partial charge in [-0.25, -0.2) is 0 Å². The largest absolute Gasteiger partial charge is 0.497 e. The summed E-state index contributed by atoms with van der Waals surface area (Å²) in [5.41, 5.74) is 0.804. The van der Waals surface area contributed by atoms with Gasteiger partial charge in [0.25, 0.3) is 0 Å². The van der Waals surface area contributed by atoms with Gasteiger partial charge in [-0.05, 0) is 51.3 Å². The summed E-state index contributed by atoms with van der Waals surface area (Å²) in [6.45, 7) is 11.9. The molecule has 0 radical (unpaired) electrons. The molecule has 0 saturated carbocycles. The van der Waals surface area contributed by atoms with Crippen LogP contribution in [0.2, 0.25) is 0 Å². The van der Waals surface area contributed by atoms with Gasteiger partial charge in [0.15, 0.2) is 0 Å². The molecule has 4 nitrogen and oxygen atoms in total. The minimum atomic E-state index is -0.680. The fourth-order valence-electron chi connectivity index (χ4n) is 2.94. The third kappa shape index (κ3) is 4.71. The van der Waals surface area contributed by atoms with Gasteiger partial charge in [-0.2, -0.15) is 0 Å². The van der Waals surface area contributed by atoms with Crippen LogP contribution in [0, 0.1) is 11.8 Å². The Balaban J connectivity index is 2.88. The Labute approximate surface area is 140 Å². The first-order chi connectivity index (χ1) is 10.7. The molecule has 0 spiro atoms. The highest BCUT2D eigenvalue weighted by Gasteiger charge is 2.32. The van der Waals surface area contributed by atoms with E-state index in [1.54, 1.807) is 7.11 Å². The second kappa shape index (κ2) is 8.34. The zero-order valence-electron chi connectivity index (χ0n) is 15.4. The van der Waals surface area contributed by atoms with Crippen molar-refractivity contribution in [3.8, 4) is 5.75 Å². The minimum Gasteiger partial charge on any atom is -0.497 e. The Kier molecular flexibility index (Phi) is 7.07. The maximum Gasteiger partial charge on any atom is 0.226 e. The maximum absolute atomic E-state index is 12.8. The molecule has 3 atom stereocenters. The molecule has 23 heavy (non-hydrogen) atoms. The van der Waals surface area contributed by atoms with E-state index in [2.05, 4.69) is 0 Å². The molecule has 0 aliphatic carbocycles. The van der Waals surface area contributed by atoms with E-state index >= 15 is 0 Å². The van der Waals surface area contributed by atoms with Crippen LogP contribution in [0.1, 0.15) is 53.2 Å². The first-order valence-corrected chi connectivity index (χ1v) is 8.34. The molecule has 0 unspecified atom stereocenters. The van der Waals surface area contributed by atoms with Gasteiger partial charge in [-0.15, -0.1) is 0 Å². The lowest BCUT2D eigenvalue weighted by Crippen LogP contribution is -2.46. The molecule has 1 aromatic rings. The van der Waals surface area contributed by atoms with E-state index in [4.69, 9.17) is 4.74 Å². The molecule has 1 aromatic carbocycles. The lowest BCUT2D eigenvalue weighted by Gasteiger charge is -2.35. The number of ether oxygens (including phenoxy) is 1. The van der Waals surface area contributed by atoms with E-state index in [9.17, 15) is 9.90 Å². The third-order valence-electron chi connectivity index (χ3n) is 4.50. The van der Waals surface area contributed by atoms with Gasteiger partial charge >= 0.3 is 0 Å². The topological polar surface area (TPSA) is 49.8 Å². The maximum atomic E-state index is 12.8. The highest BCUT2D eigenvalue weighted by atomic mass is 16.5. The van der Waals surface area contributed by atoms with Gasteiger partial charge in [0.2, 0.25) is 5.91 Å². The minimum absolute atomic E-state index is 0.0926. The zero-order valence-corrected chi connectivity index (χ0v) is 15.4. The smallest absolute Gasteiger partial charge is 0.226 e. The van der Waals surface area contributed by atoms with Crippen molar-refractivity contribution in [1.29, 1.82) is 0 Å². The van der Waals surface area contributed by atoms with Crippen molar-refractivity contribution < 1.29 is 14.6 Å². The quantitative estimate of drug-likeness (QED) is 0.834. The van der Waals surface area contributed by atoms with Crippen LogP contribution in [0.4, 0.5) is 0 Å². The summed E-state index contributed by atoms with van der Waals surface area (Å²) in [5, 5.41) is 10.6. The molecule has 0 saturated heterocycles. The molecule has 0 aliphatic rings. The summed E-state index contributed by atoms with van der Waals surface area (Å²) >= 11 is 0. The standard InChI is InChI=1S/C19H31NO3/c1-12(2)20(13(3)4)19(22)15(6)14(5)18(21)16-8-10-17(23-7)11-9-16/h8-15,18,21H,1-7H3/t14-,15-,18+/m0/s1. The molecule has 0 fully saturated rings. The average molecular weight is 321 g/mol. The van der Waals surface area contributed by atoms with Gasteiger partial charge in [0.1, 0.15) is 5.75 Å². The fourth-order valence-corrected chi connectivity index (χ4v) is 2.94. The number of nitrogens with zero attached hydrogens (tertiary/aromatic N) is 1. The van der Waals surface area contributed by atoms with Gasteiger partial charge in [-0.1, -0.05) is 26.0 Å². The van der Waals surface area contributed by atoms with Crippen LogP contribution in [0.25, 0.3) is 0 Å². The van der Waals surface area contributed by atoms with Crippen LogP contribution in [-0.4, -0.2) is 35.1 Å². The Morgan fingerprint density at radius 1 is 1.00 bits per heavy atom. The van der Waals surface area contributed by atoms with E-state index in [1.807, 2.05) is 70.7 Å². The van der Waals surface area contributed by atoms with Crippen LogP contribution >= 0.6 is 0 Å². The van der Waals surface area contributed by atoms with Crippen molar-refractivity contribution in [3.05, 3.63) is 29.8 Å². The number of hydrogen-bond donors (Lipinski definition) is 1. The summed E-state index contributed by atoms with van der Waals surface area (Å²) in [6, 6.07) is 7.64. The number of methoxy groups -OCH3 is 1. The van der Waals surface area contributed by atoms with Crippen molar-refractivity contribution in [2.24, 2.45) is 11.8 Å². The van der Waals surface area contributed by atoms with E-state index in [0.29, 0.717) is 0 Å². The van der Waals surface area contributed by atoms with Gasteiger partial charge in [-0.3, -0.25) is 4.79 Å². The third-order valence-corrected chi connectivity index (χ3v) is 4.50. The molecular weight excluding hydrogens is 290 g/mol. The highest BCUT2D eigenvalue weighted by Crippen LogP contribution is 2.30. The fraction of sp³-hybridized carbons (Fsp3) is 0.632. The number of benzene rings is 1. The first kappa shape index (κ1) is 19.5. The zero-order chi connectivity index (χ0) is 17.7. The Morgan fingerprint density at radius 2 is 1.48 bits per heavy atom. The number of aliphatic hydroxyl groups is 1. The molecule has 1 rings (SSSR count). The predicted molar refractivity (Wildman–Crippen MR) is 93.4 cm³/mol. The molecule has 4 heteroatoms. The molecule has 0 aliphatic heterocycles. The monoisotopic (exact) mass is 321 g/mol. The number of aliphatic hydroxyl groups excluding tert-OH is 1. The van der Waals surface area contributed by atoms with E-state index in [0.717, 1.165) is 11.3 Å². The lowest BCUT2D eigenvalue weighted by atomic mass is 9.85. The Bertz CT molecular complexity index is 488. The van der Waals surface area contributed by atoms with Crippen LogP contribution in [0.5, 0.6) is 5.75 Å². The molecule has 0 heterocycles. The van der Waals surface area contributed by atoms with Crippen LogP contribution in [0.15, 0.2) is 24.3 Å². The van der Waals surface area contributed by atoms with Crippen LogP contribution < -0.4 is 4.74 Å². The molecule has 0 aromatic heterocycles. The summed E-state index contributed by atoms with van der Waals surface area (Å²) < 4.78 is 5.14. The van der Waals surface area contributed by atoms with Crippen molar-refractivity contribution in [2.45, 2.75) is 59.7 Å². The predicted octanol–water partition coefficient (Wildman–Crippen LogP) is 3.65. The number of carbonyl (C=O) groups excluding carboxylic acids is 1. The molecule has 1 amide bonds. The second-order valence-electron chi connectivity index (χ2n) is 6.80. The van der Waals surface area contributed by atoms with Crippen molar-refractivity contribution in [2.75, 3.05) is 7.11 Å². The number of hydrogen-bond acceptors (Lipinski definition) is 3. The van der Waals surface area contributed by atoms with Crippen molar-refractivity contribution in [3.63, 3.8) is 0 Å². The van der Waals surface area contributed by atoms with Gasteiger partial charge in [0.05, 0.1) is 13.2 Å². The van der Waals surface area contributed by atoms with Crippen molar-refractivity contribution >= 4 is 5.91 Å². The number of rotatable bonds is 7. The Hall–Kier alpha value is -1.55. The number of carbonyl (C=O) groups is 1. The Morgan fingerprint density at radius 3 is 1.87 bits per heavy atom. The van der Waals surface area contributed by atoms with Crippen molar-refractivity contribution in [1.82, 2.24) is 4.90 Å². The number of amides is 1. The van der Waals surface area contributed by atoms with Crippen LogP contribution in [0.3, 0.4) is 0 Å². The highest BCUT2D eigenvalue weighted by molar-refractivity contribution is 5.79. The normalized spacial score (nSPS) is 15.4. The summed E-state index contributed by atoms with van der Waals surface area (Å²) in [4.78, 5) is 14.7. The molecule has 1 N–H and O–H groups in total. The average Bonchev–Trinajstić information content (AvgIpc) is 2.52. The van der Waals surface area contributed by atoms with Crippen LogP contribution in [-0.2, 0) is 4.79 Å². The SMILES string of the molecule is COc1ccc([C@H](O)[C@@H](C)[C@H](C)C(=O)N(C(C)C)C(C)C)cc1. The summed E-state index contributed by atoms with van der Waals surface area (Å²) in [6.07, 6.45) is -0.680.